The van der Waals surface area contributed by atoms with Crippen molar-refractivity contribution in [1.29, 1.82) is 0 Å². The highest BCUT2D eigenvalue weighted by Crippen LogP contribution is 2.35. The highest BCUT2D eigenvalue weighted by molar-refractivity contribution is 6.08. The van der Waals surface area contributed by atoms with Gasteiger partial charge in [-0.1, -0.05) is 6.07 Å². The minimum atomic E-state index is -1.59. The predicted molar refractivity (Wildman–Crippen MR) is 123 cm³/mol. The number of urea groups is 1. The van der Waals surface area contributed by atoms with Crippen molar-refractivity contribution >= 4 is 28.8 Å². The SMILES string of the molecule is COc1ccc2c(c1)C(=O)N(C[C@@]1(c3cc4cc(-c5cccnc5)ncc4o3)NC(=O)NC1=O)C2. The smallest absolute Gasteiger partial charge is 0.322 e. The van der Waals surface area contributed by atoms with Gasteiger partial charge in [0.05, 0.1) is 25.5 Å². The van der Waals surface area contributed by atoms with E-state index in [-0.39, 0.29) is 24.8 Å². The molecule has 2 aliphatic rings. The Morgan fingerprint density at radius 1 is 1.14 bits per heavy atom. The number of pyridine rings is 2. The first-order chi connectivity index (χ1) is 17.0. The summed E-state index contributed by atoms with van der Waals surface area (Å²) >= 11 is 0. The molecule has 1 fully saturated rings. The summed E-state index contributed by atoms with van der Waals surface area (Å²) in [5.41, 5.74) is 1.68. The lowest BCUT2D eigenvalue weighted by Gasteiger charge is -2.29. The van der Waals surface area contributed by atoms with Crippen molar-refractivity contribution in [3.05, 3.63) is 77.9 Å². The Morgan fingerprint density at radius 2 is 2.03 bits per heavy atom. The summed E-state index contributed by atoms with van der Waals surface area (Å²) in [6.45, 7) is 0.180. The third-order valence-electron chi connectivity index (χ3n) is 6.35. The van der Waals surface area contributed by atoms with Gasteiger partial charge in [-0.3, -0.25) is 24.9 Å². The molecule has 0 saturated carbocycles. The minimum Gasteiger partial charge on any atom is -0.497 e. The molecular weight excluding hydrogens is 450 g/mol. The van der Waals surface area contributed by atoms with Gasteiger partial charge < -0.3 is 19.4 Å². The van der Waals surface area contributed by atoms with Crippen LogP contribution in [0.3, 0.4) is 0 Å². The summed E-state index contributed by atoms with van der Waals surface area (Å²) < 4.78 is 11.2. The highest BCUT2D eigenvalue weighted by Gasteiger charge is 2.53. The van der Waals surface area contributed by atoms with Crippen molar-refractivity contribution in [1.82, 2.24) is 25.5 Å². The van der Waals surface area contributed by atoms with Gasteiger partial charge in [0.1, 0.15) is 11.5 Å². The van der Waals surface area contributed by atoms with E-state index >= 15 is 0 Å². The van der Waals surface area contributed by atoms with Crippen LogP contribution < -0.4 is 15.4 Å². The fourth-order valence-corrected chi connectivity index (χ4v) is 4.56. The Balaban J connectivity index is 1.38. The Kier molecular flexibility index (Phi) is 4.56. The monoisotopic (exact) mass is 469 g/mol. The van der Waals surface area contributed by atoms with Crippen LogP contribution in [0.1, 0.15) is 21.7 Å². The molecule has 10 heteroatoms. The molecule has 1 atom stereocenters. The third-order valence-corrected chi connectivity index (χ3v) is 6.35. The first-order valence-electron chi connectivity index (χ1n) is 10.9. The number of imide groups is 1. The summed E-state index contributed by atoms with van der Waals surface area (Å²) in [6, 6.07) is 11.8. The summed E-state index contributed by atoms with van der Waals surface area (Å²) in [5, 5.41) is 5.68. The average Bonchev–Trinajstić information content (AvgIpc) is 3.53. The topological polar surface area (TPSA) is 127 Å². The van der Waals surface area contributed by atoms with Gasteiger partial charge in [0, 0.05) is 35.5 Å². The summed E-state index contributed by atoms with van der Waals surface area (Å²) in [6.07, 6.45) is 4.94. The number of aromatic nitrogens is 2. The largest absolute Gasteiger partial charge is 0.497 e. The van der Waals surface area contributed by atoms with Crippen molar-refractivity contribution in [3.63, 3.8) is 0 Å². The van der Waals surface area contributed by atoms with Gasteiger partial charge in [0.2, 0.25) is 0 Å². The third kappa shape index (κ3) is 3.30. The molecule has 3 aromatic heterocycles. The number of carbonyl (C=O) groups excluding carboxylic acids is 3. The summed E-state index contributed by atoms with van der Waals surface area (Å²) in [5.74, 6) is -0.0793. The van der Waals surface area contributed by atoms with Crippen molar-refractivity contribution in [2.75, 3.05) is 13.7 Å². The Hall–Kier alpha value is -4.73. The number of hydrogen-bond acceptors (Lipinski definition) is 7. The molecule has 0 spiro atoms. The van der Waals surface area contributed by atoms with Crippen LogP contribution in [0.15, 0.2) is 65.5 Å². The number of furan rings is 1. The van der Waals surface area contributed by atoms with E-state index in [2.05, 4.69) is 20.6 Å². The molecule has 10 nitrogen and oxygen atoms in total. The second kappa shape index (κ2) is 7.66. The maximum absolute atomic E-state index is 13.2. The van der Waals surface area contributed by atoms with Crippen molar-refractivity contribution in [3.8, 4) is 17.0 Å². The molecule has 35 heavy (non-hydrogen) atoms. The maximum atomic E-state index is 13.2. The molecule has 0 aliphatic carbocycles. The maximum Gasteiger partial charge on any atom is 0.322 e. The molecule has 1 aromatic carbocycles. The van der Waals surface area contributed by atoms with E-state index in [1.165, 1.54) is 12.0 Å². The second-order valence-electron chi connectivity index (χ2n) is 8.46. The molecule has 4 aromatic rings. The number of rotatable bonds is 5. The van der Waals surface area contributed by atoms with Gasteiger partial charge in [-0.05, 0) is 42.0 Å². The molecule has 174 valence electrons. The highest BCUT2D eigenvalue weighted by atomic mass is 16.5. The zero-order valence-corrected chi connectivity index (χ0v) is 18.6. The van der Waals surface area contributed by atoms with Crippen LogP contribution in [0.5, 0.6) is 5.75 Å². The van der Waals surface area contributed by atoms with E-state index in [1.54, 1.807) is 36.8 Å². The number of hydrogen-bond donors (Lipinski definition) is 2. The van der Waals surface area contributed by atoms with E-state index in [0.29, 0.717) is 28.0 Å². The number of amides is 4. The normalized spacial score (nSPS) is 19.1. The molecule has 0 radical (unpaired) electrons. The molecular formula is C25H19N5O5. The van der Waals surface area contributed by atoms with Gasteiger partial charge in [0.25, 0.3) is 11.8 Å². The van der Waals surface area contributed by atoms with Crippen LogP contribution in [0.2, 0.25) is 0 Å². The van der Waals surface area contributed by atoms with Crippen LogP contribution in [0.4, 0.5) is 4.79 Å². The fourth-order valence-electron chi connectivity index (χ4n) is 4.56. The number of ether oxygens (including phenoxy) is 1. The van der Waals surface area contributed by atoms with Gasteiger partial charge in [-0.2, -0.15) is 0 Å². The lowest BCUT2D eigenvalue weighted by Crippen LogP contribution is -2.52. The van der Waals surface area contributed by atoms with Crippen molar-refractivity contribution < 1.29 is 23.5 Å². The Labute approximate surface area is 198 Å². The number of nitrogens with one attached hydrogen (secondary N) is 2. The first kappa shape index (κ1) is 20.8. The Morgan fingerprint density at radius 3 is 2.77 bits per heavy atom. The van der Waals surface area contributed by atoms with Crippen molar-refractivity contribution in [2.24, 2.45) is 0 Å². The van der Waals surface area contributed by atoms with Crippen molar-refractivity contribution in [2.45, 2.75) is 12.1 Å². The lowest BCUT2D eigenvalue weighted by molar-refractivity contribution is -0.125. The average molecular weight is 469 g/mol. The Bertz CT molecular complexity index is 1520. The van der Waals surface area contributed by atoms with E-state index in [9.17, 15) is 14.4 Å². The van der Waals surface area contributed by atoms with Crippen LogP contribution in [0, 0.1) is 0 Å². The molecule has 2 N–H and O–H groups in total. The van der Waals surface area contributed by atoms with Crippen LogP contribution >= 0.6 is 0 Å². The van der Waals surface area contributed by atoms with E-state index < -0.39 is 17.5 Å². The molecule has 6 rings (SSSR count). The first-order valence-corrected chi connectivity index (χ1v) is 10.9. The summed E-state index contributed by atoms with van der Waals surface area (Å²) in [7, 11) is 1.53. The number of carbonyl (C=O) groups is 3. The second-order valence-corrected chi connectivity index (χ2v) is 8.46. The van der Waals surface area contributed by atoms with Gasteiger partial charge in [-0.15, -0.1) is 0 Å². The van der Waals surface area contributed by atoms with Crippen LogP contribution in [0.25, 0.3) is 22.2 Å². The molecule has 4 amide bonds. The van der Waals surface area contributed by atoms with E-state index in [0.717, 1.165) is 11.1 Å². The number of methoxy groups -OCH3 is 1. The standard InChI is InChI=1S/C25H19N5O5/c1-34-17-5-4-15-12-30(22(31)18(15)9-17)13-25(23(32)28-24(33)29-25)21-8-16-7-19(27-11-20(16)35-21)14-3-2-6-26-10-14/h2-11H,12-13H2,1H3,(H2,28,29,32,33)/t25-/m0/s1. The number of nitrogens with zero attached hydrogens (tertiary/aromatic N) is 3. The summed E-state index contributed by atoms with van der Waals surface area (Å²) in [4.78, 5) is 48.6. The molecule has 5 heterocycles. The molecule has 0 unspecified atom stereocenters. The molecule has 1 saturated heterocycles. The minimum absolute atomic E-state index is 0.108. The van der Waals surface area contributed by atoms with Crippen LogP contribution in [-0.4, -0.2) is 46.4 Å². The zero-order chi connectivity index (χ0) is 24.2. The van der Waals surface area contributed by atoms with E-state index in [4.69, 9.17) is 9.15 Å². The predicted octanol–water partition coefficient (Wildman–Crippen LogP) is 2.59. The number of benzene rings is 1. The van der Waals surface area contributed by atoms with E-state index in [1.807, 2.05) is 24.3 Å². The quantitative estimate of drug-likeness (QED) is 0.430. The molecule has 0 bridgehead atoms. The number of fused-ring (bicyclic) bond motifs is 2. The van der Waals surface area contributed by atoms with Gasteiger partial charge in [-0.25, -0.2) is 4.79 Å². The molecule has 2 aliphatic heterocycles. The fraction of sp³-hybridized carbons (Fsp3) is 0.160. The van der Waals surface area contributed by atoms with Crippen LogP contribution in [-0.2, 0) is 16.9 Å². The zero-order valence-electron chi connectivity index (χ0n) is 18.6. The van der Waals surface area contributed by atoms with Gasteiger partial charge in [0.15, 0.2) is 11.1 Å². The lowest BCUT2D eigenvalue weighted by atomic mass is 9.95. The van der Waals surface area contributed by atoms with Gasteiger partial charge >= 0.3 is 6.03 Å².